The molecule has 0 saturated carbocycles. The lowest BCUT2D eigenvalue weighted by Gasteiger charge is -2.16. The molecule has 3 N–H and O–H groups in total. The molecule has 0 heterocycles. The first-order valence-electron chi connectivity index (χ1n) is 7.23. The zero-order chi connectivity index (χ0) is 18.4. The molecule has 2 rings (SSSR count). The zero-order valence-corrected chi connectivity index (χ0v) is 14.5. The molecule has 25 heavy (non-hydrogen) atoms. The first-order chi connectivity index (χ1) is 11.8. The average molecular weight is 387 g/mol. The summed E-state index contributed by atoms with van der Waals surface area (Å²) in [5.74, 6) is -1.11. The zero-order valence-electron chi connectivity index (χ0n) is 12.9. The minimum absolute atomic E-state index is 0.0677. The summed E-state index contributed by atoms with van der Waals surface area (Å²) in [5, 5.41) is 12.2. The van der Waals surface area contributed by atoms with Crippen molar-refractivity contribution in [3.05, 3.63) is 64.9 Å². The molecule has 6 nitrogen and oxygen atoms in total. The number of hydrogen-bond acceptors (Lipinski definition) is 4. The number of hydrogen-bond donors (Lipinski definition) is 3. The third-order valence-corrected chi connectivity index (χ3v) is 5.04. The Labute approximate surface area is 149 Å². The first kappa shape index (κ1) is 19.3. The molecule has 0 bridgehead atoms. The van der Waals surface area contributed by atoms with E-state index in [0.717, 1.165) is 0 Å². The number of sulfonamides is 1. The fraction of sp³-hybridized carbons (Fsp3) is 0.188. The molecule has 0 aromatic heterocycles. The lowest BCUT2D eigenvalue weighted by atomic mass is 10.2. The Balaban J connectivity index is 2.01. The highest BCUT2D eigenvalue weighted by Gasteiger charge is 2.25. The summed E-state index contributed by atoms with van der Waals surface area (Å²) in [6, 6.07) is 9.48. The van der Waals surface area contributed by atoms with Crippen LogP contribution >= 0.6 is 11.6 Å². The van der Waals surface area contributed by atoms with Gasteiger partial charge in [0, 0.05) is 11.6 Å². The van der Waals surface area contributed by atoms with E-state index in [0.29, 0.717) is 10.6 Å². The minimum Gasteiger partial charge on any atom is -0.394 e. The predicted molar refractivity (Wildman–Crippen MR) is 90.9 cm³/mol. The summed E-state index contributed by atoms with van der Waals surface area (Å²) in [5.41, 5.74) is 0.631. The van der Waals surface area contributed by atoms with Gasteiger partial charge in [0.15, 0.2) is 0 Å². The summed E-state index contributed by atoms with van der Waals surface area (Å²) >= 11 is 5.71. The number of aliphatic hydroxyl groups is 1. The maximum absolute atomic E-state index is 12.8. The van der Waals surface area contributed by atoms with Crippen LogP contribution in [0.25, 0.3) is 0 Å². The van der Waals surface area contributed by atoms with Gasteiger partial charge in [-0.1, -0.05) is 23.7 Å². The molecule has 2 aromatic rings. The van der Waals surface area contributed by atoms with Gasteiger partial charge >= 0.3 is 0 Å². The van der Waals surface area contributed by atoms with Crippen molar-refractivity contribution in [1.29, 1.82) is 0 Å². The lowest BCUT2D eigenvalue weighted by molar-refractivity contribution is -0.123. The van der Waals surface area contributed by atoms with Crippen LogP contribution in [0.3, 0.4) is 0 Å². The Kier molecular flexibility index (Phi) is 6.49. The van der Waals surface area contributed by atoms with E-state index >= 15 is 0 Å². The number of halogens is 2. The Morgan fingerprint density at radius 3 is 2.28 bits per heavy atom. The molecule has 0 spiro atoms. The molecular formula is C16H16ClFN2O4S. The topological polar surface area (TPSA) is 95.5 Å². The van der Waals surface area contributed by atoms with Crippen LogP contribution in [0.2, 0.25) is 5.02 Å². The van der Waals surface area contributed by atoms with Crippen LogP contribution in [0, 0.1) is 5.82 Å². The second-order valence-electron chi connectivity index (χ2n) is 5.15. The minimum atomic E-state index is -4.00. The van der Waals surface area contributed by atoms with Gasteiger partial charge in [-0.15, -0.1) is 0 Å². The molecule has 0 radical (unpaired) electrons. The van der Waals surface area contributed by atoms with Crippen molar-refractivity contribution in [3.63, 3.8) is 0 Å². The molecule has 1 unspecified atom stereocenters. The van der Waals surface area contributed by atoms with Crippen molar-refractivity contribution in [2.24, 2.45) is 0 Å². The summed E-state index contributed by atoms with van der Waals surface area (Å²) in [7, 11) is -4.00. The van der Waals surface area contributed by atoms with Gasteiger partial charge in [-0.25, -0.2) is 12.8 Å². The maximum Gasteiger partial charge on any atom is 0.241 e. The molecule has 0 aliphatic carbocycles. The maximum atomic E-state index is 12.8. The average Bonchev–Trinajstić information content (AvgIpc) is 2.59. The van der Waals surface area contributed by atoms with Crippen LogP contribution in [0.4, 0.5) is 4.39 Å². The second-order valence-corrected chi connectivity index (χ2v) is 7.31. The Bertz CT molecular complexity index is 826. The van der Waals surface area contributed by atoms with Crippen molar-refractivity contribution in [2.45, 2.75) is 17.5 Å². The Hall–Kier alpha value is -2.00. The fourth-order valence-electron chi connectivity index (χ4n) is 1.96. The summed E-state index contributed by atoms with van der Waals surface area (Å²) in [4.78, 5) is 12.0. The van der Waals surface area contributed by atoms with Crippen LogP contribution in [0.5, 0.6) is 0 Å². The van der Waals surface area contributed by atoms with E-state index in [1.807, 2.05) is 0 Å². The van der Waals surface area contributed by atoms with Crippen molar-refractivity contribution < 1.29 is 22.7 Å². The van der Waals surface area contributed by atoms with E-state index < -0.39 is 34.4 Å². The van der Waals surface area contributed by atoms with E-state index in [4.69, 9.17) is 11.6 Å². The standard InChI is InChI=1S/C16H16ClFN2O4S/c17-12-3-7-14(8-4-12)25(23,24)20-15(10-21)16(22)19-9-11-1-5-13(18)6-2-11/h1-8,15,20-21H,9-10H2,(H,19,22). The summed E-state index contributed by atoms with van der Waals surface area (Å²) in [6.07, 6.45) is 0. The molecular weight excluding hydrogens is 371 g/mol. The van der Waals surface area contributed by atoms with Crippen LogP contribution < -0.4 is 10.0 Å². The molecule has 2 aromatic carbocycles. The van der Waals surface area contributed by atoms with Crippen molar-refractivity contribution in [3.8, 4) is 0 Å². The molecule has 1 amide bonds. The molecule has 1 atom stereocenters. The van der Waals surface area contributed by atoms with Gasteiger partial charge in [0.1, 0.15) is 11.9 Å². The van der Waals surface area contributed by atoms with Crippen LogP contribution in [-0.4, -0.2) is 32.1 Å². The fourth-order valence-corrected chi connectivity index (χ4v) is 3.27. The number of benzene rings is 2. The highest BCUT2D eigenvalue weighted by Crippen LogP contribution is 2.14. The van der Waals surface area contributed by atoms with Gasteiger partial charge in [0.05, 0.1) is 11.5 Å². The first-order valence-corrected chi connectivity index (χ1v) is 9.09. The number of carbonyl (C=O) groups excluding carboxylic acids is 1. The third kappa shape index (κ3) is 5.50. The Morgan fingerprint density at radius 2 is 1.72 bits per heavy atom. The van der Waals surface area contributed by atoms with E-state index in [1.165, 1.54) is 48.5 Å². The summed E-state index contributed by atoms with van der Waals surface area (Å²) in [6.45, 7) is -0.652. The van der Waals surface area contributed by atoms with Crippen LogP contribution in [-0.2, 0) is 21.4 Å². The van der Waals surface area contributed by atoms with Crippen molar-refractivity contribution in [2.75, 3.05) is 6.61 Å². The highest BCUT2D eigenvalue weighted by atomic mass is 35.5. The van der Waals surface area contributed by atoms with Crippen LogP contribution in [0.15, 0.2) is 53.4 Å². The van der Waals surface area contributed by atoms with Crippen molar-refractivity contribution >= 4 is 27.5 Å². The van der Waals surface area contributed by atoms with Gasteiger partial charge < -0.3 is 10.4 Å². The Morgan fingerprint density at radius 1 is 1.12 bits per heavy atom. The third-order valence-electron chi connectivity index (χ3n) is 3.30. The molecule has 134 valence electrons. The number of aliphatic hydroxyl groups excluding tert-OH is 1. The molecule has 0 fully saturated rings. The molecule has 0 aliphatic heterocycles. The second kappa shape index (κ2) is 8.39. The monoisotopic (exact) mass is 386 g/mol. The van der Waals surface area contributed by atoms with Gasteiger partial charge in [-0.2, -0.15) is 4.72 Å². The summed E-state index contributed by atoms with van der Waals surface area (Å²) < 4.78 is 39.4. The van der Waals surface area contributed by atoms with E-state index in [-0.39, 0.29) is 11.4 Å². The normalized spacial score (nSPS) is 12.6. The van der Waals surface area contributed by atoms with Gasteiger partial charge in [-0.05, 0) is 42.0 Å². The quantitative estimate of drug-likeness (QED) is 0.671. The van der Waals surface area contributed by atoms with Crippen LogP contribution in [0.1, 0.15) is 5.56 Å². The molecule has 0 aliphatic rings. The largest absolute Gasteiger partial charge is 0.394 e. The molecule has 9 heteroatoms. The van der Waals surface area contributed by atoms with Gasteiger partial charge in [-0.3, -0.25) is 4.79 Å². The van der Waals surface area contributed by atoms with E-state index in [9.17, 15) is 22.7 Å². The smallest absolute Gasteiger partial charge is 0.241 e. The molecule has 0 saturated heterocycles. The van der Waals surface area contributed by atoms with Crippen molar-refractivity contribution in [1.82, 2.24) is 10.0 Å². The van der Waals surface area contributed by atoms with E-state index in [1.54, 1.807) is 0 Å². The lowest BCUT2D eigenvalue weighted by Crippen LogP contribution is -2.48. The van der Waals surface area contributed by atoms with E-state index in [2.05, 4.69) is 10.0 Å². The number of nitrogens with one attached hydrogen (secondary N) is 2. The number of carbonyl (C=O) groups is 1. The number of rotatable bonds is 7. The van der Waals surface area contributed by atoms with Gasteiger partial charge in [0.2, 0.25) is 15.9 Å². The highest BCUT2D eigenvalue weighted by molar-refractivity contribution is 7.89. The SMILES string of the molecule is O=C(NCc1ccc(F)cc1)C(CO)NS(=O)(=O)c1ccc(Cl)cc1. The van der Waals surface area contributed by atoms with Gasteiger partial charge in [0.25, 0.3) is 0 Å². The number of amides is 1. The predicted octanol–water partition coefficient (Wildman–Crippen LogP) is 1.43.